The van der Waals surface area contributed by atoms with E-state index in [2.05, 4.69) is 31.1 Å². The Morgan fingerprint density at radius 3 is 2.64 bits per heavy atom. The maximum absolute atomic E-state index is 3.42. The van der Waals surface area contributed by atoms with Crippen molar-refractivity contribution in [1.29, 1.82) is 0 Å². The molecule has 0 amide bonds. The van der Waals surface area contributed by atoms with Crippen LogP contribution in [-0.4, -0.2) is 24.6 Å². The topological polar surface area (TPSA) is 12.0 Å². The maximum Gasteiger partial charge on any atom is 0.0183 e. The molecule has 1 atom stereocenters. The second-order valence-corrected chi connectivity index (χ2v) is 4.56. The van der Waals surface area contributed by atoms with Crippen LogP contribution in [0.2, 0.25) is 0 Å². The number of rotatable bonds is 5. The van der Waals surface area contributed by atoms with Gasteiger partial charge in [0.25, 0.3) is 0 Å². The van der Waals surface area contributed by atoms with E-state index in [0.29, 0.717) is 0 Å². The molecule has 1 fully saturated rings. The second-order valence-electron chi connectivity index (χ2n) is 3.25. The fraction of sp³-hybridized carbons (Fsp3) is 1.00. The van der Waals surface area contributed by atoms with E-state index in [1.165, 1.54) is 30.8 Å². The average Bonchev–Trinajstić information content (AvgIpc) is 1.93. The highest BCUT2D eigenvalue weighted by atomic mass is 32.2. The molecule has 0 radical (unpaired) electrons. The number of hydrogen-bond acceptors (Lipinski definition) is 2. The van der Waals surface area contributed by atoms with Gasteiger partial charge in [-0.05, 0) is 31.6 Å². The molecule has 66 valence electrons. The Morgan fingerprint density at radius 1 is 1.55 bits per heavy atom. The molecule has 1 rings (SSSR count). The molecule has 2 heteroatoms. The van der Waals surface area contributed by atoms with Gasteiger partial charge in [0.15, 0.2) is 0 Å². The Bertz CT molecular complexity index is 102. The van der Waals surface area contributed by atoms with Crippen LogP contribution in [0.4, 0.5) is 0 Å². The van der Waals surface area contributed by atoms with Gasteiger partial charge in [-0.1, -0.05) is 13.3 Å². The quantitative estimate of drug-likeness (QED) is 0.683. The van der Waals surface area contributed by atoms with Gasteiger partial charge in [-0.3, -0.25) is 0 Å². The van der Waals surface area contributed by atoms with Crippen LogP contribution in [0.3, 0.4) is 0 Å². The van der Waals surface area contributed by atoms with Crippen LogP contribution in [0, 0.1) is 5.92 Å². The zero-order valence-electron chi connectivity index (χ0n) is 7.60. The number of thioether (sulfide) groups is 1. The lowest BCUT2D eigenvalue weighted by molar-refractivity contribution is 0.252. The van der Waals surface area contributed by atoms with Gasteiger partial charge >= 0.3 is 0 Å². The summed E-state index contributed by atoms with van der Waals surface area (Å²) >= 11 is 2.06. The first kappa shape index (κ1) is 9.40. The molecular formula is C9H19NS. The molecule has 0 aliphatic heterocycles. The summed E-state index contributed by atoms with van der Waals surface area (Å²) in [7, 11) is 2.10. The van der Waals surface area contributed by atoms with Gasteiger partial charge in [-0.15, -0.1) is 0 Å². The van der Waals surface area contributed by atoms with Gasteiger partial charge in [0.1, 0.15) is 0 Å². The molecule has 1 saturated carbocycles. The Hall–Kier alpha value is 0.310. The minimum atomic E-state index is 0.786. The minimum absolute atomic E-state index is 0.786. The molecule has 1 aliphatic rings. The molecular weight excluding hydrogens is 154 g/mol. The van der Waals surface area contributed by atoms with Gasteiger partial charge in [0.2, 0.25) is 0 Å². The third kappa shape index (κ3) is 2.68. The lowest BCUT2D eigenvalue weighted by atomic mass is 9.80. The largest absolute Gasteiger partial charge is 0.316 e. The van der Waals surface area contributed by atoms with Crippen molar-refractivity contribution in [1.82, 2.24) is 5.32 Å². The fourth-order valence-corrected chi connectivity index (χ4v) is 2.47. The third-order valence-electron chi connectivity index (χ3n) is 2.59. The van der Waals surface area contributed by atoms with E-state index >= 15 is 0 Å². The summed E-state index contributed by atoms with van der Waals surface area (Å²) in [6.45, 7) is 2.23. The summed E-state index contributed by atoms with van der Waals surface area (Å²) in [4.78, 5) is 0. The molecule has 1 unspecified atom stereocenters. The summed E-state index contributed by atoms with van der Waals surface area (Å²) in [5.74, 6) is 3.54. The van der Waals surface area contributed by atoms with Crippen molar-refractivity contribution in [3.63, 3.8) is 0 Å². The van der Waals surface area contributed by atoms with E-state index in [4.69, 9.17) is 0 Å². The van der Waals surface area contributed by atoms with E-state index in [0.717, 1.165) is 12.0 Å². The highest BCUT2D eigenvalue weighted by molar-refractivity contribution is 7.99. The number of hydrogen-bond donors (Lipinski definition) is 1. The van der Waals surface area contributed by atoms with Crippen LogP contribution in [0.5, 0.6) is 0 Å². The molecule has 0 spiro atoms. The summed E-state index contributed by atoms with van der Waals surface area (Å²) in [5.41, 5.74) is 0. The van der Waals surface area contributed by atoms with E-state index in [1.54, 1.807) is 0 Å². The van der Waals surface area contributed by atoms with Crippen LogP contribution in [0.25, 0.3) is 0 Å². The van der Waals surface area contributed by atoms with Crippen molar-refractivity contribution in [2.45, 2.75) is 32.2 Å². The van der Waals surface area contributed by atoms with Gasteiger partial charge in [-0.25, -0.2) is 0 Å². The van der Waals surface area contributed by atoms with Crippen molar-refractivity contribution >= 4 is 11.8 Å². The lowest BCUT2D eigenvalue weighted by Gasteiger charge is -2.33. The van der Waals surface area contributed by atoms with Crippen LogP contribution < -0.4 is 5.32 Å². The fourth-order valence-electron chi connectivity index (χ4n) is 1.54. The maximum atomic E-state index is 3.42. The smallest absolute Gasteiger partial charge is 0.0183 e. The molecule has 1 aliphatic carbocycles. The first-order chi connectivity index (χ1) is 5.38. The normalized spacial score (nSPS) is 21.3. The van der Waals surface area contributed by atoms with Gasteiger partial charge < -0.3 is 5.32 Å². The molecule has 11 heavy (non-hydrogen) atoms. The molecule has 0 aromatic carbocycles. The Morgan fingerprint density at radius 2 is 2.27 bits per heavy atom. The predicted molar refractivity (Wildman–Crippen MR) is 53.2 cm³/mol. The SMILES string of the molecule is CCSCC(NC)C1CCC1. The standard InChI is InChI=1S/C9H19NS/c1-3-11-7-9(10-2)8-5-4-6-8/h8-10H,3-7H2,1-2H3. The molecule has 0 bridgehead atoms. The van der Waals surface area contributed by atoms with E-state index < -0.39 is 0 Å². The molecule has 0 aromatic heterocycles. The third-order valence-corrected chi connectivity index (χ3v) is 3.59. The van der Waals surface area contributed by atoms with Crippen molar-refractivity contribution in [2.75, 3.05) is 18.6 Å². The first-order valence-corrected chi connectivity index (χ1v) is 5.79. The Balaban J connectivity index is 2.13. The van der Waals surface area contributed by atoms with Crippen LogP contribution in [-0.2, 0) is 0 Å². The predicted octanol–water partition coefficient (Wildman–Crippen LogP) is 2.13. The van der Waals surface area contributed by atoms with E-state index in [-0.39, 0.29) is 0 Å². The van der Waals surface area contributed by atoms with Gasteiger partial charge in [0, 0.05) is 11.8 Å². The minimum Gasteiger partial charge on any atom is -0.316 e. The van der Waals surface area contributed by atoms with Crippen LogP contribution >= 0.6 is 11.8 Å². The van der Waals surface area contributed by atoms with Crippen molar-refractivity contribution < 1.29 is 0 Å². The highest BCUT2D eigenvalue weighted by Crippen LogP contribution is 2.30. The van der Waals surface area contributed by atoms with Crippen LogP contribution in [0.1, 0.15) is 26.2 Å². The number of nitrogens with one attached hydrogen (secondary N) is 1. The summed E-state index contributed by atoms with van der Waals surface area (Å²) in [6, 6.07) is 0.786. The molecule has 0 aromatic rings. The van der Waals surface area contributed by atoms with E-state index in [1.807, 2.05) is 0 Å². The second kappa shape index (κ2) is 5.04. The van der Waals surface area contributed by atoms with Crippen molar-refractivity contribution in [2.24, 2.45) is 5.92 Å². The molecule has 0 saturated heterocycles. The molecule has 1 nitrogen and oxygen atoms in total. The molecule has 0 heterocycles. The summed E-state index contributed by atoms with van der Waals surface area (Å²) in [5, 5.41) is 3.42. The summed E-state index contributed by atoms with van der Waals surface area (Å²) in [6.07, 6.45) is 4.37. The Kier molecular flexibility index (Phi) is 4.31. The van der Waals surface area contributed by atoms with Gasteiger partial charge in [0.05, 0.1) is 0 Å². The molecule has 1 N–H and O–H groups in total. The average molecular weight is 173 g/mol. The van der Waals surface area contributed by atoms with E-state index in [9.17, 15) is 0 Å². The lowest BCUT2D eigenvalue weighted by Crippen LogP contribution is -2.39. The Labute approximate surface area is 74.3 Å². The monoisotopic (exact) mass is 173 g/mol. The summed E-state index contributed by atoms with van der Waals surface area (Å²) < 4.78 is 0. The zero-order chi connectivity index (χ0) is 8.10. The first-order valence-electron chi connectivity index (χ1n) is 4.63. The highest BCUT2D eigenvalue weighted by Gasteiger charge is 2.25. The van der Waals surface area contributed by atoms with Crippen molar-refractivity contribution in [3.8, 4) is 0 Å². The van der Waals surface area contributed by atoms with Crippen LogP contribution in [0.15, 0.2) is 0 Å². The zero-order valence-corrected chi connectivity index (χ0v) is 8.41. The van der Waals surface area contributed by atoms with Gasteiger partial charge in [-0.2, -0.15) is 11.8 Å². The van der Waals surface area contributed by atoms with Crippen molar-refractivity contribution in [3.05, 3.63) is 0 Å².